The maximum atomic E-state index is 11.1. The van der Waals surface area contributed by atoms with Crippen molar-refractivity contribution < 1.29 is 9.85 Å². The Kier molecular flexibility index (Phi) is 3.60. The van der Waals surface area contributed by atoms with E-state index in [1.807, 2.05) is 0 Å². The molecule has 7 nitrogen and oxygen atoms in total. The van der Waals surface area contributed by atoms with Crippen LogP contribution in [0.1, 0.15) is 0 Å². The Labute approximate surface area is 130 Å². The van der Waals surface area contributed by atoms with E-state index in [1.54, 1.807) is 48.5 Å². The first-order chi connectivity index (χ1) is 11.1. The van der Waals surface area contributed by atoms with Crippen LogP contribution in [0.4, 0.5) is 11.4 Å². The highest BCUT2D eigenvalue weighted by molar-refractivity contribution is 5.77. The van der Waals surface area contributed by atoms with Crippen LogP contribution in [0, 0.1) is 20.2 Å². The molecule has 1 N–H and O–H groups in total. The van der Waals surface area contributed by atoms with Crippen molar-refractivity contribution in [3.05, 3.63) is 80.9 Å². The van der Waals surface area contributed by atoms with Gasteiger partial charge in [0.25, 0.3) is 11.4 Å². The van der Waals surface area contributed by atoms with Crippen molar-refractivity contribution in [3.63, 3.8) is 0 Å². The average molecular weight is 309 g/mol. The molecule has 0 radical (unpaired) electrons. The van der Waals surface area contributed by atoms with Crippen molar-refractivity contribution in [2.24, 2.45) is 0 Å². The van der Waals surface area contributed by atoms with Gasteiger partial charge >= 0.3 is 0 Å². The third-order valence-electron chi connectivity index (χ3n) is 3.47. The zero-order chi connectivity index (χ0) is 16.4. The van der Waals surface area contributed by atoms with Gasteiger partial charge in [0.1, 0.15) is 0 Å². The minimum absolute atomic E-state index is 0.0246. The first-order valence-electron chi connectivity index (χ1n) is 6.74. The molecular weight excluding hydrogens is 298 g/mol. The van der Waals surface area contributed by atoms with E-state index in [2.05, 4.69) is 4.98 Å². The van der Waals surface area contributed by atoms with Crippen LogP contribution in [0.3, 0.4) is 0 Å². The predicted octanol–water partition coefficient (Wildman–Crippen LogP) is 4.17. The Morgan fingerprint density at radius 3 is 1.43 bits per heavy atom. The molecule has 114 valence electrons. The van der Waals surface area contributed by atoms with E-state index in [1.165, 1.54) is 12.1 Å². The molecule has 0 fully saturated rings. The molecule has 3 rings (SSSR count). The summed E-state index contributed by atoms with van der Waals surface area (Å²) in [6.45, 7) is 0. The van der Waals surface area contributed by atoms with Gasteiger partial charge in [0.05, 0.1) is 32.4 Å². The van der Waals surface area contributed by atoms with Gasteiger partial charge in [0.2, 0.25) is 0 Å². The van der Waals surface area contributed by atoms with Crippen LogP contribution >= 0.6 is 0 Å². The second-order valence-electron chi connectivity index (χ2n) is 4.83. The first kappa shape index (κ1) is 14.5. The number of nitrogens with zero attached hydrogens (tertiary/aromatic N) is 2. The fraction of sp³-hybridized carbons (Fsp3) is 0. The molecule has 0 bridgehead atoms. The summed E-state index contributed by atoms with van der Waals surface area (Å²) in [5.41, 5.74) is 1.88. The van der Waals surface area contributed by atoms with Crippen molar-refractivity contribution in [2.45, 2.75) is 0 Å². The number of aromatic amines is 1. The third-order valence-corrected chi connectivity index (χ3v) is 3.47. The van der Waals surface area contributed by atoms with Gasteiger partial charge in [0, 0.05) is 12.1 Å². The van der Waals surface area contributed by atoms with Crippen LogP contribution < -0.4 is 0 Å². The predicted molar refractivity (Wildman–Crippen MR) is 85.0 cm³/mol. The van der Waals surface area contributed by atoms with Crippen LogP contribution in [0.25, 0.3) is 22.5 Å². The highest BCUT2D eigenvalue weighted by Crippen LogP contribution is 2.33. The Balaban J connectivity index is 2.09. The lowest BCUT2D eigenvalue weighted by atomic mass is 10.1. The van der Waals surface area contributed by atoms with Gasteiger partial charge in [-0.1, -0.05) is 24.3 Å². The Bertz CT molecular complexity index is 830. The molecule has 0 aliphatic rings. The van der Waals surface area contributed by atoms with Crippen LogP contribution in [-0.4, -0.2) is 14.8 Å². The van der Waals surface area contributed by atoms with Gasteiger partial charge in [-0.3, -0.25) is 20.2 Å². The molecule has 1 heterocycles. The summed E-state index contributed by atoms with van der Waals surface area (Å²) >= 11 is 0. The van der Waals surface area contributed by atoms with Crippen molar-refractivity contribution in [2.75, 3.05) is 0 Å². The van der Waals surface area contributed by atoms with Crippen LogP contribution in [0.15, 0.2) is 60.7 Å². The smallest absolute Gasteiger partial charge is 0.278 e. The van der Waals surface area contributed by atoms with Gasteiger partial charge in [-0.2, -0.15) is 0 Å². The molecular formula is C16H11N3O4. The number of nitro groups is 2. The second kappa shape index (κ2) is 5.72. The molecule has 0 saturated carbocycles. The van der Waals surface area contributed by atoms with E-state index in [0.29, 0.717) is 22.5 Å². The van der Waals surface area contributed by atoms with E-state index in [4.69, 9.17) is 0 Å². The summed E-state index contributed by atoms with van der Waals surface area (Å²) in [5, 5.41) is 22.2. The lowest BCUT2D eigenvalue weighted by Gasteiger charge is -2.02. The molecule has 0 aliphatic carbocycles. The SMILES string of the molecule is O=[N+]([O-])c1ccccc1-c1ccc(-c2ccccc2[N+](=O)[O-])[nH]1. The number of benzene rings is 2. The highest BCUT2D eigenvalue weighted by atomic mass is 16.6. The van der Waals surface area contributed by atoms with Gasteiger partial charge < -0.3 is 4.98 Å². The maximum absolute atomic E-state index is 11.1. The Hall–Kier alpha value is -3.48. The van der Waals surface area contributed by atoms with E-state index >= 15 is 0 Å². The van der Waals surface area contributed by atoms with Crippen LogP contribution in [0.2, 0.25) is 0 Å². The summed E-state index contributed by atoms with van der Waals surface area (Å²) < 4.78 is 0. The number of nitrogens with one attached hydrogen (secondary N) is 1. The molecule has 7 heteroatoms. The summed E-state index contributed by atoms with van der Waals surface area (Å²) in [5.74, 6) is 0. The zero-order valence-electron chi connectivity index (χ0n) is 11.8. The van der Waals surface area contributed by atoms with Crippen molar-refractivity contribution in [3.8, 4) is 22.5 Å². The number of aromatic nitrogens is 1. The highest BCUT2D eigenvalue weighted by Gasteiger charge is 2.18. The van der Waals surface area contributed by atoms with Crippen molar-refractivity contribution in [1.29, 1.82) is 0 Å². The standard InChI is InChI=1S/C16H11N3O4/c20-18(21)15-7-3-1-5-11(15)13-9-10-14(17-13)12-6-2-4-8-16(12)19(22)23/h1-10,17H. The topological polar surface area (TPSA) is 102 Å². The first-order valence-corrected chi connectivity index (χ1v) is 6.74. The lowest BCUT2D eigenvalue weighted by Crippen LogP contribution is -1.93. The van der Waals surface area contributed by atoms with Gasteiger partial charge in [-0.05, 0) is 24.3 Å². The number of nitro benzene ring substituents is 2. The molecule has 0 spiro atoms. The van der Waals surface area contributed by atoms with Crippen molar-refractivity contribution in [1.82, 2.24) is 4.98 Å². The fourth-order valence-corrected chi connectivity index (χ4v) is 2.43. The minimum Gasteiger partial charge on any atom is -0.354 e. The molecule has 0 aliphatic heterocycles. The maximum Gasteiger partial charge on any atom is 0.278 e. The molecule has 2 aromatic carbocycles. The van der Waals surface area contributed by atoms with Gasteiger partial charge in [0.15, 0.2) is 0 Å². The normalized spacial score (nSPS) is 10.4. The largest absolute Gasteiger partial charge is 0.354 e. The number of rotatable bonds is 4. The zero-order valence-corrected chi connectivity index (χ0v) is 11.8. The van der Waals surface area contributed by atoms with Crippen LogP contribution in [-0.2, 0) is 0 Å². The second-order valence-corrected chi connectivity index (χ2v) is 4.83. The molecule has 0 unspecified atom stereocenters. The number of H-pyrrole nitrogens is 1. The van der Waals surface area contributed by atoms with E-state index in [9.17, 15) is 20.2 Å². The van der Waals surface area contributed by atoms with E-state index in [0.717, 1.165) is 0 Å². The minimum atomic E-state index is -0.458. The van der Waals surface area contributed by atoms with Gasteiger partial charge in [-0.15, -0.1) is 0 Å². The fourth-order valence-electron chi connectivity index (χ4n) is 2.43. The summed E-state index contributed by atoms with van der Waals surface area (Å²) in [4.78, 5) is 24.3. The average Bonchev–Trinajstić information content (AvgIpc) is 3.04. The number of hydrogen-bond donors (Lipinski definition) is 1. The monoisotopic (exact) mass is 309 g/mol. The molecule has 3 aromatic rings. The lowest BCUT2D eigenvalue weighted by molar-refractivity contribution is -0.384. The quantitative estimate of drug-likeness (QED) is 0.577. The van der Waals surface area contributed by atoms with Crippen molar-refractivity contribution >= 4 is 11.4 Å². The summed E-state index contributed by atoms with van der Waals surface area (Å²) in [6, 6.07) is 16.0. The van der Waals surface area contributed by atoms with E-state index in [-0.39, 0.29) is 11.4 Å². The summed E-state index contributed by atoms with van der Waals surface area (Å²) in [6.07, 6.45) is 0. The summed E-state index contributed by atoms with van der Waals surface area (Å²) in [7, 11) is 0. The Morgan fingerprint density at radius 2 is 1.04 bits per heavy atom. The van der Waals surface area contributed by atoms with E-state index < -0.39 is 9.85 Å². The third kappa shape index (κ3) is 2.67. The molecule has 0 saturated heterocycles. The Morgan fingerprint density at radius 1 is 0.652 bits per heavy atom. The molecule has 1 aromatic heterocycles. The molecule has 23 heavy (non-hydrogen) atoms. The molecule has 0 amide bonds. The number of hydrogen-bond acceptors (Lipinski definition) is 4. The van der Waals surface area contributed by atoms with Gasteiger partial charge in [-0.25, -0.2) is 0 Å². The number of para-hydroxylation sites is 2. The van der Waals surface area contributed by atoms with Crippen LogP contribution in [0.5, 0.6) is 0 Å². The molecule has 0 atom stereocenters.